The second-order valence-electron chi connectivity index (χ2n) is 8.88. The Morgan fingerprint density at radius 2 is 1.89 bits per heavy atom. The number of aromatic nitrogens is 1. The second-order valence-corrected chi connectivity index (χ2v) is 8.88. The van der Waals surface area contributed by atoms with Crippen LogP contribution >= 0.6 is 0 Å². The fraction of sp³-hybridized carbons (Fsp3) is 0.308. The van der Waals surface area contributed by atoms with Crippen molar-refractivity contribution in [2.45, 2.75) is 37.8 Å². The lowest BCUT2D eigenvalue weighted by molar-refractivity contribution is -0.143. The highest BCUT2D eigenvalue weighted by Crippen LogP contribution is 2.42. The first kappa shape index (κ1) is 22.6. The van der Waals surface area contributed by atoms with Crippen molar-refractivity contribution in [1.29, 1.82) is 0 Å². The zero-order valence-corrected chi connectivity index (χ0v) is 19.5. The third kappa shape index (κ3) is 4.03. The van der Waals surface area contributed by atoms with E-state index in [-0.39, 0.29) is 49.9 Å². The zero-order chi connectivity index (χ0) is 24.6. The summed E-state index contributed by atoms with van der Waals surface area (Å²) in [4.78, 5) is 43.2. The average molecular weight is 476 g/mol. The highest BCUT2D eigenvalue weighted by Gasteiger charge is 2.54. The van der Waals surface area contributed by atoms with E-state index in [1.165, 1.54) is 16.1 Å². The van der Waals surface area contributed by atoms with Gasteiger partial charge in [0, 0.05) is 26.0 Å². The van der Waals surface area contributed by atoms with Gasteiger partial charge in [0.15, 0.2) is 11.5 Å². The lowest BCUT2D eigenvalue weighted by Gasteiger charge is -2.31. The monoisotopic (exact) mass is 475 g/mol. The Morgan fingerprint density at radius 1 is 1.11 bits per heavy atom. The van der Waals surface area contributed by atoms with E-state index < -0.39 is 5.41 Å². The minimum Gasteiger partial charge on any atom is -0.454 e. The zero-order valence-electron chi connectivity index (χ0n) is 19.5. The van der Waals surface area contributed by atoms with Crippen molar-refractivity contribution in [2.24, 2.45) is 0 Å². The first-order valence-corrected chi connectivity index (χ1v) is 11.3. The fourth-order valence-electron chi connectivity index (χ4n) is 4.64. The van der Waals surface area contributed by atoms with Gasteiger partial charge in [0.05, 0.1) is 18.0 Å². The molecule has 0 radical (unpaired) electrons. The molecule has 3 heterocycles. The van der Waals surface area contributed by atoms with Crippen LogP contribution in [0.2, 0.25) is 0 Å². The van der Waals surface area contributed by atoms with Gasteiger partial charge in [-0.25, -0.2) is 0 Å². The van der Waals surface area contributed by atoms with Crippen molar-refractivity contribution in [1.82, 2.24) is 15.0 Å². The Hall–Kier alpha value is -4.14. The van der Waals surface area contributed by atoms with Gasteiger partial charge in [0.25, 0.3) is 0 Å². The highest BCUT2D eigenvalue weighted by atomic mass is 16.7. The molecule has 0 aliphatic carbocycles. The second kappa shape index (κ2) is 8.90. The van der Waals surface area contributed by atoms with Crippen molar-refractivity contribution in [3.05, 3.63) is 77.7 Å². The van der Waals surface area contributed by atoms with Gasteiger partial charge < -0.3 is 18.9 Å². The summed E-state index contributed by atoms with van der Waals surface area (Å²) in [6, 6.07) is 15.7. The molecule has 2 aliphatic rings. The number of amides is 3. The van der Waals surface area contributed by atoms with Crippen LogP contribution in [0.25, 0.3) is 0 Å². The number of hydrogen-bond donors (Lipinski definition) is 0. The quantitative estimate of drug-likeness (QED) is 0.484. The Balaban J connectivity index is 1.43. The molecule has 9 nitrogen and oxygen atoms in total. The molecule has 3 amide bonds. The van der Waals surface area contributed by atoms with E-state index in [9.17, 15) is 14.4 Å². The van der Waals surface area contributed by atoms with Gasteiger partial charge in [-0.1, -0.05) is 41.6 Å². The maximum atomic E-state index is 13.9. The van der Waals surface area contributed by atoms with Crippen LogP contribution in [-0.4, -0.2) is 46.5 Å². The predicted octanol–water partition coefficient (Wildman–Crippen LogP) is 3.21. The lowest BCUT2D eigenvalue weighted by Crippen LogP contribution is -2.43. The van der Waals surface area contributed by atoms with Crippen molar-refractivity contribution in [2.75, 3.05) is 13.8 Å². The minimum absolute atomic E-state index is 0.0850. The van der Waals surface area contributed by atoms with E-state index in [2.05, 4.69) is 5.16 Å². The molecule has 1 saturated heterocycles. The van der Waals surface area contributed by atoms with Crippen LogP contribution < -0.4 is 9.47 Å². The Kier molecular flexibility index (Phi) is 5.76. The third-order valence-corrected chi connectivity index (χ3v) is 6.83. The summed E-state index contributed by atoms with van der Waals surface area (Å²) in [5.74, 6) is 0.227. The van der Waals surface area contributed by atoms with Crippen molar-refractivity contribution >= 4 is 17.7 Å². The van der Waals surface area contributed by atoms with Crippen molar-refractivity contribution in [3.8, 4) is 11.5 Å². The van der Waals surface area contributed by atoms with E-state index in [0.29, 0.717) is 22.8 Å². The van der Waals surface area contributed by atoms with Gasteiger partial charge in [-0.2, -0.15) is 0 Å². The normalized spacial score (nSPS) is 19.8. The number of rotatable bonds is 7. The van der Waals surface area contributed by atoms with Crippen LogP contribution in [-0.2, 0) is 26.3 Å². The number of ether oxygens (including phenoxy) is 2. The highest BCUT2D eigenvalue weighted by molar-refractivity contribution is 6.10. The number of carbonyl (C=O) groups is 3. The molecule has 0 unspecified atom stereocenters. The Morgan fingerprint density at radius 3 is 2.63 bits per heavy atom. The molecule has 0 spiro atoms. The summed E-state index contributed by atoms with van der Waals surface area (Å²) in [5.41, 5.74) is 0.696. The first-order chi connectivity index (χ1) is 16.9. The number of hydrogen-bond acceptors (Lipinski definition) is 7. The van der Waals surface area contributed by atoms with E-state index >= 15 is 0 Å². The van der Waals surface area contributed by atoms with Crippen LogP contribution in [0.4, 0.5) is 0 Å². The molecule has 1 aromatic heterocycles. The molecule has 2 aromatic carbocycles. The summed E-state index contributed by atoms with van der Waals surface area (Å²) in [5, 5.41) is 3.92. The van der Waals surface area contributed by atoms with Crippen LogP contribution in [0.1, 0.15) is 42.6 Å². The average Bonchev–Trinajstić information content (AvgIpc) is 3.61. The molecule has 2 aliphatic heterocycles. The molecule has 1 fully saturated rings. The van der Waals surface area contributed by atoms with Gasteiger partial charge in [0.2, 0.25) is 24.5 Å². The van der Waals surface area contributed by atoms with E-state index in [0.717, 1.165) is 5.56 Å². The number of nitrogens with zero attached hydrogens (tertiary/aromatic N) is 3. The molecule has 2 atom stereocenters. The maximum absolute atomic E-state index is 13.9. The molecule has 0 N–H and O–H groups in total. The van der Waals surface area contributed by atoms with E-state index in [4.69, 9.17) is 14.0 Å². The lowest BCUT2D eigenvalue weighted by atomic mass is 9.75. The Labute approximate surface area is 202 Å². The number of fused-ring (bicyclic) bond motifs is 1. The SMILES string of the molecule is C[C@@H](c1ccon1)N(C)C(=O)C[C@@]1(c2ccccc2)CC(=O)N(Cc2ccc3c(c2)OCO3)C1=O. The predicted molar refractivity (Wildman–Crippen MR) is 123 cm³/mol. The summed E-state index contributed by atoms with van der Waals surface area (Å²) in [6.07, 6.45) is 1.22. The van der Waals surface area contributed by atoms with E-state index in [1.54, 1.807) is 43.4 Å². The molecule has 35 heavy (non-hydrogen) atoms. The standard InChI is InChI=1S/C26H25N3O6/c1-17(20-10-11-35-27-20)28(2)23(30)13-26(19-6-4-3-5-7-19)14-24(31)29(25(26)32)15-18-8-9-21-22(12-18)34-16-33-21/h3-12,17H,13-16H2,1-2H3/t17-,26-/m0/s1. The van der Waals surface area contributed by atoms with Crippen LogP contribution in [0.5, 0.6) is 11.5 Å². The molecule has 3 aromatic rings. The fourth-order valence-corrected chi connectivity index (χ4v) is 4.64. The molecular formula is C26H25N3O6. The van der Waals surface area contributed by atoms with Gasteiger partial charge in [-0.15, -0.1) is 0 Å². The van der Waals surface area contributed by atoms with Gasteiger partial charge >= 0.3 is 0 Å². The molecule has 0 saturated carbocycles. The number of likely N-dealkylation sites (tertiary alicyclic amines) is 1. The summed E-state index contributed by atoms with van der Waals surface area (Å²) < 4.78 is 15.7. The molecule has 9 heteroatoms. The topological polar surface area (TPSA) is 102 Å². The van der Waals surface area contributed by atoms with Crippen LogP contribution in [0, 0.1) is 0 Å². The van der Waals surface area contributed by atoms with Crippen molar-refractivity contribution < 1.29 is 28.4 Å². The number of imide groups is 1. The third-order valence-electron chi connectivity index (χ3n) is 6.83. The first-order valence-electron chi connectivity index (χ1n) is 11.3. The smallest absolute Gasteiger partial charge is 0.241 e. The van der Waals surface area contributed by atoms with Crippen LogP contribution in [0.15, 0.2) is 65.4 Å². The molecule has 5 rings (SSSR count). The largest absolute Gasteiger partial charge is 0.454 e. The maximum Gasteiger partial charge on any atom is 0.241 e. The van der Waals surface area contributed by atoms with Crippen LogP contribution in [0.3, 0.4) is 0 Å². The van der Waals surface area contributed by atoms with Crippen molar-refractivity contribution in [3.63, 3.8) is 0 Å². The number of benzene rings is 2. The van der Waals surface area contributed by atoms with Gasteiger partial charge in [-0.3, -0.25) is 19.3 Å². The molecule has 180 valence electrons. The molecular weight excluding hydrogens is 450 g/mol. The Bertz CT molecular complexity index is 1260. The minimum atomic E-state index is -1.29. The molecule has 0 bridgehead atoms. The van der Waals surface area contributed by atoms with E-state index in [1.807, 2.05) is 25.1 Å². The van der Waals surface area contributed by atoms with Gasteiger partial charge in [-0.05, 0) is 30.2 Å². The van der Waals surface area contributed by atoms with Gasteiger partial charge in [0.1, 0.15) is 12.0 Å². The summed E-state index contributed by atoms with van der Waals surface area (Å²) >= 11 is 0. The number of carbonyl (C=O) groups excluding carboxylic acids is 3. The summed E-state index contributed by atoms with van der Waals surface area (Å²) in [6.45, 7) is 2.06. The summed E-state index contributed by atoms with van der Waals surface area (Å²) in [7, 11) is 1.66.